The maximum Gasteiger partial charge on any atom is 0.251 e. The number of hydrogen-bond donors (Lipinski definition) is 2. The Bertz CT molecular complexity index is 754. The van der Waals surface area contributed by atoms with Crippen LogP contribution in [0.25, 0.3) is 0 Å². The van der Waals surface area contributed by atoms with Gasteiger partial charge in [-0.05, 0) is 38.1 Å². The van der Waals surface area contributed by atoms with Gasteiger partial charge in [0.05, 0.1) is 0 Å². The number of aliphatic hydroxyl groups is 1. The van der Waals surface area contributed by atoms with Gasteiger partial charge in [-0.15, -0.1) is 0 Å². The highest BCUT2D eigenvalue weighted by Gasteiger charge is 2.15. The lowest BCUT2D eigenvalue weighted by Gasteiger charge is -2.14. The maximum atomic E-state index is 12.2. The van der Waals surface area contributed by atoms with Crippen LogP contribution in [-0.2, 0) is 0 Å². The summed E-state index contributed by atoms with van der Waals surface area (Å²) in [6.45, 7) is 4.25. The Morgan fingerprint density at radius 2 is 1.88 bits per heavy atom. The highest BCUT2D eigenvalue weighted by atomic mass is 16.7. The molecule has 2 aromatic carbocycles. The molecule has 6 nitrogen and oxygen atoms in total. The average molecular weight is 343 g/mol. The molecule has 0 saturated carbocycles. The number of rotatable bonds is 6. The molecule has 0 bridgehead atoms. The van der Waals surface area contributed by atoms with Crippen LogP contribution in [0.1, 0.15) is 21.5 Å². The summed E-state index contributed by atoms with van der Waals surface area (Å²) in [6.07, 6.45) is -0.819. The maximum absolute atomic E-state index is 12.2. The number of benzene rings is 2. The van der Waals surface area contributed by atoms with Gasteiger partial charge in [-0.3, -0.25) is 4.79 Å². The van der Waals surface area contributed by atoms with Gasteiger partial charge in [0.25, 0.3) is 5.91 Å². The molecule has 0 aromatic heterocycles. The van der Waals surface area contributed by atoms with Crippen LogP contribution in [0.5, 0.6) is 17.2 Å². The van der Waals surface area contributed by atoms with Gasteiger partial charge in [-0.2, -0.15) is 0 Å². The minimum atomic E-state index is -0.819. The van der Waals surface area contributed by atoms with Crippen LogP contribution < -0.4 is 19.5 Å². The summed E-state index contributed by atoms with van der Waals surface area (Å²) < 4.78 is 16.0. The Morgan fingerprint density at radius 3 is 2.64 bits per heavy atom. The van der Waals surface area contributed by atoms with Crippen molar-refractivity contribution in [2.45, 2.75) is 20.0 Å². The minimum Gasteiger partial charge on any atom is -0.491 e. The van der Waals surface area contributed by atoms with E-state index in [1.165, 1.54) is 0 Å². The molecule has 0 spiro atoms. The highest BCUT2D eigenvalue weighted by Crippen LogP contribution is 2.35. The molecule has 1 aliphatic rings. The smallest absolute Gasteiger partial charge is 0.251 e. The Kier molecular flexibility index (Phi) is 5.09. The molecule has 0 fully saturated rings. The van der Waals surface area contributed by atoms with E-state index >= 15 is 0 Å². The lowest BCUT2D eigenvalue weighted by Crippen LogP contribution is -2.35. The number of carbonyl (C=O) groups is 1. The van der Waals surface area contributed by atoms with E-state index in [9.17, 15) is 9.90 Å². The second-order valence-corrected chi connectivity index (χ2v) is 6.07. The molecule has 0 aliphatic carbocycles. The van der Waals surface area contributed by atoms with Crippen molar-refractivity contribution in [2.24, 2.45) is 0 Å². The number of ether oxygens (including phenoxy) is 3. The molecule has 2 aromatic rings. The molecule has 25 heavy (non-hydrogen) atoms. The van der Waals surface area contributed by atoms with Gasteiger partial charge in [0.1, 0.15) is 18.5 Å². The molecule has 2 N–H and O–H groups in total. The molecule has 1 atom stereocenters. The fourth-order valence-electron chi connectivity index (χ4n) is 2.64. The molecule has 3 rings (SSSR count). The molecule has 0 radical (unpaired) electrons. The molecule has 1 aliphatic heterocycles. The number of nitrogens with one attached hydrogen (secondary N) is 1. The predicted molar refractivity (Wildman–Crippen MR) is 92.3 cm³/mol. The van der Waals surface area contributed by atoms with Crippen molar-refractivity contribution in [1.82, 2.24) is 5.32 Å². The summed E-state index contributed by atoms with van der Waals surface area (Å²) in [4.78, 5) is 12.2. The normalized spacial score (nSPS) is 13.4. The van der Waals surface area contributed by atoms with Crippen molar-refractivity contribution < 1.29 is 24.1 Å². The molecular formula is C19H21NO5. The van der Waals surface area contributed by atoms with Crippen LogP contribution in [0.4, 0.5) is 0 Å². The molecular weight excluding hydrogens is 322 g/mol. The van der Waals surface area contributed by atoms with E-state index in [0.717, 1.165) is 11.1 Å². The zero-order valence-corrected chi connectivity index (χ0v) is 14.2. The van der Waals surface area contributed by atoms with E-state index < -0.39 is 6.10 Å². The Balaban J connectivity index is 1.47. The molecule has 1 heterocycles. The fourth-order valence-corrected chi connectivity index (χ4v) is 2.64. The van der Waals surface area contributed by atoms with Crippen molar-refractivity contribution >= 4 is 5.91 Å². The number of aliphatic hydroxyl groups excluding tert-OH is 1. The first-order valence-electron chi connectivity index (χ1n) is 8.08. The van der Waals surface area contributed by atoms with Crippen molar-refractivity contribution in [2.75, 3.05) is 19.9 Å². The Hall–Kier alpha value is -2.73. The molecule has 132 valence electrons. The lowest BCUT2D eigenvalue weighted by molar-refractivity contribution is 0.0843. The zero-order valence-electron chi connectivity index (χ0n) is 14.2. The number of fused-ring (bicyclic) bond motifs is 1. The predicted octanol–water partition coefficient (Wildman–Crippen LogP) is 2.20. The zero-order chi connectivity index (χ0) is 17.8. The van der Waals surface area contributed by atoms with E-state index in [1.54, 1.807) is 18.2 Å². The van der Waals surface area contributed by atoms with E-state index in [0.29, 0.717) is 22.8 Å². The van der Waals surface area contributed by atoms with E-state index in [1.807, 2.05) is 32.0 Å². The first-order valence-corrected chi connectivity index (χ1v) is 8.08. The topological polar surface area (TPSA) is 77.0 Å². The van der Waals surface area contributed by atoms with Crippen LogP contribution in [0.2, 0.25) is 0 Å². The van der Waals surface area contributed by atoms with E-state index in [2.05, 4.69) is 5.32 Å². The van der Waals surface area contributed by atoms with Crippen LogP contribution in [0, 0.1) is 13.8 Å². The molecule has 1 amide bonds. The lowest BCUT2D eigenvalue weighted by atomic mass is 10.1. The number of hydrogen-bond acceptors (Lipinski definition) is 5. The first-order chi connectivity index (χ1) is 12.0. The van der Waals surface area contributed by atoms with Crippen LogP contribution in [0.3, 0.4) is 0 Å². The quantitative estimate of drug-likeness (QED) is 0.841. The second-order valence-electron chi connectivity index (χ2n) is 6.07. The van der Waals surface area contributed by atoms with Crippen LogP contribution >= 0.6 is 0 Å². The summed E-state index contributed by atoms with van der Waals surface area (Å²) in [7, 11) is 0. The van der Waals surface area contributed by atoms with Crippen molar-refractivity contribution in [1.29, 1.82) is 0 Å². The van der Waals surface area contributed by atoms with E-state index in [-0.39, 0.29) is 25.9 Å². The SMILES string of the molecule is Cc1cc(C)cc(C(=O)NCC(O)COc2ccc3c(c2)OCO3)c1. The van der Waals surface area contributed by atoms with Crippen molar-refractivity contribution in [3.63, 3.8) is 0 Å². The monoisotopic (exact) mass is 343 g/mol. The summed E-state index contributed by atoms with van der Waals surface area (Å²) >= 11 is 0. The summed E-state index contributed by atoms with van der Waals surface area (Å²) in [5.41, 5.74) is 2.63. The van der Waals surface area contributed by atoms with Gasteiger partial charge in [-0.25, -0.2) is 0 Å². The van der Waals surface area contributed by atoms with Gasteiger partial charge in [-0.1, -0.05) is 17.2 Å². The van der Waals surface area contributed by atoms with Crippen LogP contribution in [-0.4, -0.2) is 37.1 Å². The third kappa shape index (κ3) is 4.42. The van der Waals surface area contributed by atoms with Gasteiger partial charge < -0.3 is 24.6 Å². The summed E-state index contributed by atoms with van der Waals surface area (Å²) in [5, 5.41) is 12.7. The Labute approximate surface area is 146 Å². The number of amides is 1. The minimum absolute atomic E-state index is 0.0623. The third-order valence-corrected chi connectivity index (χ3v) is 3.77. The summed E-state index contributed by atoms with van der Waals surface area (Å²) in [6, 6.07) is 10.9. The van der Waals surface area contributed by atoms with Crippen molar-refractivity contribution in [3.05, 3.63) is 53.1 Å². The second kappa shape index (κ2) is 7.44. The number of aryl methyl sites for hydroxylation is 2. The summed E-state index contributed by atoms with van der Waals surface area (Å²) in [5.74, 6) is 1.65. The van der Waals surface area contributed by atoms with Gasteiger partial charge in [0.2, 0.25) is 6.79 Å². The fraction of sp³-hybridized carbons (Fsp3) is 0.316. The first kappa shape index (κ1) is 17.1. The Morgan fingerprint density at radius 1 is 1.16 bits per heavy atom. The van der Waals surface area contributed by atoms with Gasteiger partial charge in [0, 0.05) is 18.2 Å². The van der Waals surface area contributed by atoms with Gasteiger partial charge in [0.15, 0.2) is 11.5 Å². The third-order valence-electron chi connectivity index (χ3n) is 3.77. The molecule has 0 saturated heterocycles. The molecule has 1 unspecified atom stereocenters. The van der Waals surface area contributed by atoms with Gasteiger partial charge >= 0.3 is 0 Å². The largest absolute Gasteiger partial charge is 0.491 e. The highest BCUT2D eigenvalue weighted by molar-refractivity contribution is 5.94. The molecule has 6 heteroatoms. The van der Waals surface area contributed by atoms with E-state index in [4.69, 9.17) is 14.2 Å². The van der Waals surface area contributed by atoms with Crippen LogP contribution in [0.15, 0.2) is 36.4 Å². The number of carbonyl (C=O) groups excluding carboxylic acids is 1. The standard InChI is InChI=1S/C19H21NO5/c1-12-5-13(2)7-14(6-12)19(22)20-9-15(21)10-23-16-3-4-17-18(8-16)25-11-24-17/h3-8,15,21H,9-11H2,1-2H3,(H,20,22). The average Bonchev–Trinajstić information content (AvgIpc) is 3.04. The van der Waals surface area contributed by atoms with Crippen molar-refractivity contribution in [3.8, 4) is 17.2 Å².